The van der Waals surface area contributed by atoms with Crippen LogP contribution in [0.2, 0.25) is 5.02 Å². The smallest absolute Gasteiger partial charge is 0.253 e. The van der Waals surface area contributed by atoms with Gasteiger partial charge >= 0.3 is 0 Å². The van der Waals surface area contributed by atoms with Crippen LogP contribution in [0.15, 0.2) is 46.9 Å². The van der Waals surface area contributed by atoms with E-state index in [0.29, 0.717) is 17.1 Å². The lowest BCUT2D eigenvalue weighted by molar-refractivity contribution is 0.0951. The molecule has 24 heavy (non-hydrogen) atoms. The van der Waals surface area contributed by atoms with E-state index in [-0.39, 0.29) is 5.91 Å². The first-order valence-corrected chi connectivity index (χ1v) is 9.32. The van der Waals surface area contributed by atoms with Crippen molar-refractivity contribution in [2.45, 2.75) is 25.9 Å². The van der Waals surface area contributed by atoms with Crippen LogP contribution < -0.4 is 5.32 Å². The van der Waals surface area contributed by atoms with Crippen LogP contribution in [0.4, 0.5) is 0 Å². The van der Waals surface area contributed by atoms with Crippen LogP contribution in [0, 0.1) is 0 Å². The van der Waals surface area contributed by atoms with Gasteiger partial charge in [-0.1, -0.05) is 51.8 Å². The fourth-order valence-corrected chi connectivity index (χ4v) is 3.67. The van der Waals surface area contributed by atoms with Gasteiger partial charge in [0.05, 0.1) is 10.6 Å². The summed E-state index contributed by atoms with van der Waals surface area (Å²) >= 11 is 9.45. The number of amides is 1. The van der Waals surface area contributed by atoms with Crippen molar-refractivity contribution in [3.8, 4) is 0 Å². The van der Waals surface area contributed by atoms with E-state index in [4.69, 9.17) is 11.6 Å². The van der Waals surface area contributed by atoms with Gasteiger partial charge in [-0.25, -0.2) is 0 Å². The van der Waals surface area contributed by atoms with Crippen molar-refractivity contribution in [2.75, 3.05) is 13.1 Å². The van der Waals surface area contributed by atoms with Gasteiger partial charge in [0.2, 0.25) is 0 Å². The minimum absolute atomic E-state index is 0.159. The summed E-state index contributed by atoms with van der Waals surface area (Å²) in [6.45, 7) is 3.91. The molecule has 126 valence electrons. The summed E-state index contributed by atoms with van der Waals surface area (Å²) in [6.07, 6.45) is 2.62. The third kappa shape index (κ3) is 4.59. The van der Waals surface area contributed by atoms with E-state index >= 15 is 0 Å². The molecule has 0 spiro atoms. The zero-order valence-electron chi connectivity index (χ0n) is 13.4. The molecule has 2 aromatic carbocycles. The van der Waals surface area contributed by atoms with Crippen LogP contribution in [-0.4, -0.2) is 23.9 Å². The van der Waals surface area contributed by atoms with Crippen LogP contribution in [0.3, 0.4) is 0 Å². The predicted molar refractivity (Wildman–Crippen MR) is 101 cm³/mol. The Morgan fingerprint density at radius 2 is 1.75 bits per heavy atom. The summed E-state index contributed by atoms with van der Waals surface area (Å²) in [6, 6.07) is 13.7. The summed E-state index contributed by atoms with van der Waals surface area (Å²) in [5, 5.41) is 3.37. The Labute approximate surface area is 156 Å². The summed E-state index contributed by atoms with van der Waals surface area (Å²) in [5.41, 5.74) is 2.90. The number of nitrogens with one attached hydrogen (secondary N) is 1. The molecule has 1 saturated heterocycles. The highest BCUT2D eigenvalue weighted by atomic mass is 79.9. The Morgan fingerprint density at radius 3 is 2.42 bits per heavy atom. The minimum Gasteiger partial charge on any atom is -0.348 e. The number of likely N-dealkylation sites (tertiary alicyclic amines) is 1. The molecule has 0 aromatic heterocycles. The maximum atomic E-state index is 12.2. The zero-order chi connectivity index (χ0) is 16.9. The SMILES string of the molecule is O=C(NCc1ccc(CN2CCCC2)cc1)c1ccc(Br)cc1Cl. The first-order chi connectivity index (χ1) is 11.6. The molecule has 1 heterocycles. The van der Waals surface area contributed by atoms with Gasteiger partial charge in [-0.05, 0) is 55.3 Å². The second kappa shape index (κ2) is 8.15. The highest BCUT2D eigenvalue weighted by Crippen LogP contribution is 2.21. The van der Waals surface area contributed by atoms with E-state index in [1.165, 1.54) is 31.5 Å². The lowest BCUT2D eigenvalue weighted by Crippen LogP contribution is -2.23. The van der Waals surface area contributed by atoms with E-state index in [0.717, 1.165) is 16.6 Å². The van der Waals surface area contributed by atoms with Crippen molar-refractivity contribution in [3.63, 3.8) is 0 Å². The molecule has 3 nitrogen and oxygen atoms in total. The van der Waals surface area contributed by atoms with Crippen molar-refractivity contribution in [3.05, 3.63) is 68.7 Å². The molecule has 1 amide bonds. The van der Waals surface area contributed by atoms with Crippen LogP contribution in [0.5, 0.6) is 0 Å². The van der Waals surface area contributed by atoms with Crippen molar-refractivity contribution in [1.82, 2.24) is 10.2 Å². The first kappa shape index (κ1) is 17.5. The fourth-order valence-electron chi connectivity index (χ4n) is 2.91. The molecule has 3 rings (SSSR count). The molecule has 0 saturated carbocycles. The molecule has 0 bridgehead atoms. The lowest BCUT2D eigenvalue weighted by atomic mass is 10.1. The van der Waals surface area contributed by atoms with E-state index in [1.54, 1.807) is 12.1 Å². The van der Waals surface area contributed by atoms with Crippen LogP contribution in [-0.2, 0) is 13.1 Å². The number of carbonyl (C=O) groups is 1. The molecule has 0 aliphatic carbocycles. The maximum Gasteiger partial charge on any atom is 0.253 e. The van der Waals surface area contributed by atoms with Crippen LogP contribution >= 0.6 is 27.5 Å². The quantitative estimate of drug-likeness (QED) is 0.784. The molecule has 0 unspecified atom stereocenters. The Kier molecular flexibility index (Phi) is 5.93. The normalized spacial score (nSPS) is 14.8. The minimum atomic E-state index is -0.159. The first-order valence-electron chi connectivity index (χ1n) is 8.15. The van der Waals surface area contributed by atoms with Gasteiger partial charge in [-0.15, -0.1) is 0 Å². The molecule has 1 N–H and O–H groups in total. The lowest BCUT2D eigenvalue weighted by Gasteiger charge is -2.14. The van der Waals surface area contributed by atoms with Crippen molar-refractivity contribution in [2.24, 2.45) is 0 Å². The third-order valence-electron chi connectivity index (χ3n) is 4.26. The molecule has 5 heteroatoms. The van der Waals surface area contributed by atoms with Gasteiger partial charge in [0.15, 0.2) is 0 Å². The molecule has 1 aliphatic rings. The van der Waals surface area contributed by atoms with Gasteiger partial charge in [0, 0.05) is 17.6 Å². The van der Waals surface area contributed by atoms with E-state index < -0.39 is 0 Å². The molecule has 0 atom stereocenters. The van der Waals surface area contributed by atoms with Gasteiger partial charge in [-0.2, -0.15) is 0 Å². The number of halogens is 2. The number of hydrogen-bond acceptors (Lipinski definition) is 2. The average molecular weight is 408 g/mol. The van der Waals surface area contributed by atoms with Gasteiger partial charge < -0.3 is 5.32 Å². The zero-order valence-corrected chi connectivity index (χ0v) is 15.7. The third-order valence-corrected chi connectivity index (χ3v) is 5.06. The maximum absolute atomic E-state index is 12.2. The van der Waals surface area contributed by atoms with Crippen LogP contribution in [0.25, 0.3) is 0 Å². The highest BCUT2D eigenvalue weighted by Gasteiger charge is 2.12. The number of carbonyl (C=O) groups excluding carboxylic acids is 1. The van der Waals surface area contributed by atoms with Crippen molar-refractivity contribution < 1.29 is 4.79 Å². The van der Waals surface area contributed by atoms with Crippen molar-refractivity contribution >= 4 is 33.4 Å². The Bertz CT molecular complexity index is 712. The highest BCUT2D eigenvalue weighted by molar-refractivity contribution is 9.10. The van der Waals surface area contributed by atoms with Gasteiger partial charge in [-0.3, -0.25) is 9.69 Å². The molecular weight excluding hydrogens is 388 g/mol. The molecule has 0 radical (unpaired) electrons. The second-order valence-corrected chi connectivity index (χ2v) is 7.43. The van der Waals surface area contributed by atoms with Crippen LogP contribution in [0.1, 0.15) is 34.3 Å². The summed E-state index contributed by atoms with van der Waals surface area (Å²) in [4.78, 5) is 14.7. The number of hydrogen-bond donors (Lipinski definition) is 1. The largest absolute Gasteiger partial charge is 0.348 e. The van der Waals surface area contributed by atoms with E-state index in [9.17, 15) is 4.79 Å². The van der Waals surface area contributed by atoms with Gasteiger partial charge in [0.25, 0.3) is 5.91 Å². The number of nitrogens with zero attached hydrogens (tertiary/aromatic N) is 1. The summed E-state index contributed by atoms with van der Waals surface area (Å²) in [5.74, 6) is -0.159. The molecule has 2 aromatic rings. The molecular formula is C19H20BrClN2O. The molecule has 1 aliphatic heterocycles. The number of benzene rings is 2. The second-order valence-electron chi connectivity index (χ2n) is 6.11. The van der Waals surface area contributed by atoms with E-state index in [1.807, 2.05) is 6.07 Å². The topological polar surface area (TPSA) is 32.3 Å². The molecule has 1 fully saturated rings. The average Bonchev–Trinajstić information content (AvgIpc) is 3.07. The summed E-state index contributed by atoms with van der Waals surface area (Å²) in [7, 11) is 0. The Hall–Kier alpha value is -1.36. The fraction of sp³-hybridized carbons (Fsp3) is 0.316. The summed E-state index contributed by atoms with van der Waals surface area (Å²) < 4.78 is 0.859. The Morgan fingerprint density at radius 1 is 1.08 bits per heavy atom. The monoisotopic (exact) mass is 406 g/mol. The Balaban J connectivity index is 1.55. The van der Waals surface area contributed by atoms with Gasteiger partial charge in [0.1, 0.15) is 0 Å². The number of rotatable bonds is 5. The van der Waals surface area contributed by atoms with Crippen molar-refractivity contribution in [1.29, 1.82) is 0 Å². The predicted octanol–water partition coefficient (Wildman–Crippen LogP) is 4.63. The standard InChI is InChI=1S/C19H20BrClN2O/c20-16-7-8-17(18(21)11-16)19(24)22-12-14-3-5-15(6-4-14)13-23-9-1-2-10-23/h3-8,11H,1-2,9-10,12-13H2,(H,22,24). The van der Waals surface area contributed by atoms with E-state index in [2.05, 4.69) is 50.4 Å².